The molecule has 0 unspecified atom stereocenters. The SMILES string of the molecule is Cc1ccc(NC(=O)N2CC[C@@H](CC(F)(F)F)C2)cc1-c1cc(O[C@H]2CC[C@@H](O)C2)nc(N2CCOCC2)c1. The number of halogens is 3. The van der Waals surface area contributed by atoms with Crippen LogP contribution in [0.5, 0.6) is 5.88 Å². The first-order chi connectivity index (χ1) is 18.6. The zero-order chi connectivity index (χ0) is 27.6. The maximum Gasteiger partial charge on any atom is 0.389 e. The number of rotatable bonds is 6. The molecule has 212 valence electrons. The molecule has 2 aliphatic heterocycles. The van der Waals surface area contributed by atoms with Crippen molar-refractivity contribution in [3.05, 3.63) is 35.9 Å². The number of benzene rings is 1. The Balaban J connectivity index is 1.36. The van der Waals surface area contributed by atoms with Crippen molar-refractivity contribution in [2.24, 2.45) is 5.92 Å². The third-order valence-corrected chi connectivity index (χ3v) is 7.66. The van der Waals surface area contributed by atoms with Crippen LogP contribution in [0.2, 0.25) is 0 Å². The highest BCUT2D eigenvalue weighted by Crippen LogP contribution is 2.34. The van der Waals surface area contributed by atoms with E-state index in [1.165, 1.54) is 4.90 Å². The maximum atomic E-state index is 12.9. The first-order valence-electron chi connectivity index (χ1n) is 13.6. The molecule has 8 nitrogen and oxygen atoms in total. The Morgan fingerprint density at radius 3 is 2.67 bits per heavy atom. The molecule has 1 aromatic carbocycles. The van der Waals surface area contributed by atoms with Gasteiger partial charge in [-0.15, -0.1) is 0 Å². The van der Waals surface area contributed by atoms with Crippen molar-refractivity contribution < 1.29 is 32.5 Å². The number of pyridine rings is 1. The quantitative estimate of drug-likeness (QED) is 0.529. The molecule has 3 atom stereocenters. The van der Waals surface area contributed by atoms with Crippen molar-refractivity contribution in [3.63, 3.8) is 0 Å². The molecule has 2 aromatic rings. The molecule has 3 aliphatic rings. The first-order valence-corrected chi connectivity index (χ1v) is 13.6. The van der Waals surface area contributed by atoms with Gasteiger partial charge < -0.3 is 29.7 Å². The Morgan fingerprint density at radius 2 is 1.95 bits per heavy atom. The molecule has 3 fully saturated rings. The number of anilines is 2. The van der Waals surface area contributed by atoms with Gasteiger partial charge in [0, 0.05) is 50.8 Å². The van der Waals surface area contributed by atoms with Crippen LogP contribution in [-0.4, -0.2) is 78.8 Å². The van der Waals surface area contributed by atoms with Gasteiger partial charge in [0.2, 0.25) is 5.88 Å². The topological polar surface area (TPSA) is 87.2 Å². The van der Waals surface area contributed by atoms with E-state index in [0.29, 0.717) is 63.7 Å². The van der Waals surface area contributed by atoms with Gasteiger partial charge in [-0.25, -0.2) is 4.79 Å². The van der Waals surface area contributed by atoms with Gasteiger partial charge in [0.1, 0.15) is 11.9 Å². The highest BCUT2D eigenvalue weighted by atomic mass is 19.4. The Morgan fingerprint density at radius 1 is 1.15 bits per heavy atom. The minimum absolute atomic E-state index is 0.0912. The third kappa shape index (κ3) is 7.13. The number of urea groups is 1. The molecule has 2 amide bonds. The number of nitrogens with one attached hydrogen (secondary N) is 1. The summed E-state index contributed by atoms with van der Waals surface area (Å²) in [5, 5.41) is 12.8. The van der Waals surface area contributed by atoms with Crippen molar-refractivity contribution in [2.45, 2.75) is 57.4 Å². The Labute approximate surface area is 226 Å². The Kier molecular flexibility index (Phi) is 8.18. The number of hydrogen-bond acceptors (Lipinski definition) is 6. The van der Waals surface area contributed by atoms with E-state index >= 15 is 0 Å². The zero-order valence-corrected chi connectivity index (χ0v) is 22.0. The van der Waals surface area contributed by atoms with Crippen molar-refractivity contribution >= 4 is 17.5 Å². The standard InChI is InChI=1S/C28H35F3N4O4/c1-18-2-3-21(32-27(37)35-7-6-19(17-35)16-28(29,30)31)14-24(18)20-12-25(34-8-10-38-11-9-34)33-26(13-20)39-23-5-4-22(36)15-23/h2-3,12-14,19,22-23,36H,4-11,15-17H2,1H3,(H,32,37)/t19-,22+,23-/m0/s1. The number of hydrogen-bond donors (Lipinski definition) is 2. The summed E-state index contributed by atoms with van der Waals surface area (Å²) in [6.07, 6.45) is -3.19. The highest BCUT2D eigenvalue weighted by molar-refractivity contribution is 5.90. The number of morpholine rings is 1. The fraction of sp³-hybridized carbons (Fsp3) is 0.571. The van der Waals surface area contributed by atoms with E-state index in [9.17, 15) is 23.1 Å². The van der Waals surface area contributed by atoms with E-state index in [4.69, 9.17) is 14.5 Å². The van der Waals surface area contributed by atoms with E-state index in [2.05, 4.69) is 10.2 Å². The molecule has 1 saturated carbocycles. The van der Waals surface area contributed by atoms with E-state index < -0.39 is 24.5 Å². The maximum absolute atomic E-state index is 12.9. The number of aliphatic hydroxyl groups excluding tert-OH is 1. The summed E-state index contributed by atoms with van der Waals surface area (Å²) in [6.45, 7) is 5.00. The van der Waals surface area contributed by atoms with E-state index in [0.717, 1.165) is 28.9 Å². The van der Waals surface area contributed by atoms with Gasteiger partial charge in [0.15, 0.2) is 0 Å². The lowest BCUT2D eigenvalue weighted by atomic mass is 10.00. The number of aryl methyl sites for hydroxylation is 1. The fourth-order valence-corrected chi connectivity index (χ4v) is 5.58. The van der Waals surface area contributed by atoms with Crippen LogP contribution < -0.4 is 15.0 Å². The lowest BCUT2D eigenvalue weighted by Gasteiger charge is -2.29. The van der Waals surface area contributed by atoms with Gasteiger partial charge in [-0.2, -0.15) is 18.2 Å². The average molecular weight is 549 g/mol. The molecule has 2 N–H and O–H groups in total. The summed E-state index contributed by atoms with van der Waals surface area (Å²) in [4.78, 5) is 21.2. The zero-order valence-electron chi connectivity index (χ0n) is 22.0. The van der Waals surface area contributed by atoms with Crippen molar-refractivity contribution in [1.82, 2.24) is 9.88 Å². The molecule has 39 heavy (non-hydrogen) atoms. The van der Waals surface area contributed by atoms with Crippen LogP contribution in [0.15, 0.2) is 30.3 Å². The van der Waals surface area contributed by atoms with Gasteiger partial charge in [-0.3, -0.25) is 0 Å². The summed E-state index contributed by atoms with van der Waals surface area (Å²) < 4.78 is 50.0. The van der Waals surface area contributed by atoms with Crippen LogP contribution in [0.4, 0.5) is 29.5 Å². The molecule has 1 aromatic heterocycles. The number of carbonyl (C=O) groups is 1. The van der Waals surface area contributed by atoms with E-state index in [1.807, 2.05) is 31.2 Å². The number of aliphatic hydroxyl groups is 1. The largest absolute Gasteiger partial charge is 0.474 e. The van der Waals surface area contributed by atoms with Crippen LogP contribution in [0.1, 0.15) is 37.7 Å². The molecule has 11 heteroatoms. The van der Waals surface area contributed by atoms with Gasteiger partial charge in [-0.1, -0.05) is 6.07 Å². The fourth-order valence-electron chi connectivity index (χ4n) is 5.58. The number of likely N-dealkylation sites (tertiary alicyclic amines) is 1. The number of amides is 2. The normalized spacial score (nSPS) is 23.8. The molecule has 1 aliphatic carbocycles. The molecular weight excluding hydrogens is 513 g/mol. The Hall–Kier alpha value is -3.05. The summed E-state index contributed by atoms with van der Waals surface area (Å²) in [6, 6.07) is 9.05. The average Bonchev–Trinajstić information content (AvgIpc) is 3.53. The second-order valence-electron chi connectivity index (χ2n) is 10.7. The van der Waals surface area contributed by atoms with Crippen molar-refractivity contribution in [2.75, 3.05) is 49.6 Å². The predicted octanol–water partition coefficient (Wildman–Crippen LogP) is 4.99. The summed E-state index contributed by atoms with van der Waals surface area (Å²) in [7, 11) is 0. The predicted molar refractivity (Wildman–Crippen MR) is 141 cm³/mol. The van der Waals surface area contributed by atoms with Gasteiger partial charge >= 0.3 is 12.2 Å². The monoisotopic (exact) mass is 548 g/mol. The third-order valence-electron chi connectivity index (χ3n) is 7.66. The number of ether oxygens (including phenoxy) is 2. The summed E-state index contributed by atoms with van der Waals surface area (Å²) in [5.74, 6) is 0.680. The van der Waals surface area contributed by atoms with Gasteiger partial charge in [0.05, 0.1) is 19.3 Å². The second-order valence-corrected chi connectivity index (χ2v) is 10.7. The Bertz CT molecular complexity index is 1170. The molecule has 3 heterocycles. The van der Waals surface area contributed by atoms with E-state index in [-0.39, 0.29) is 18.8 Å². The number of alkyl halides is 3. The molecule has 0 radical (unpaired) electrons. The number of aromatic nitrogens is 1. The molecule has 0 bridgehead atoms. The van der Waals surface area contributed by atoms with Crippen molar-refractivity contribution in [1.29, 1.82) is 0 Å². The molecule has 5 rings (SSSR count). The lowest BCUT2D eigenvalue weighted by molar-refractivity contribution is -0.143. The second kappa shape index (κ2) is 11.6. The molecule has 2 saturated heterocycles. The van der Waals surface area contributed by atoms with Crippen LogP contribution in [0.25, 0.3) is 11.1 Å². The summed E-state index contributed by atoms with van der Waals surface area (Å²) >= 11 is 0. The lowest BCUT2D eigenvalue weighted by Crippen LogP contribution is -2.36. The first kappa shape index (κ1) is 27.5. The summed E-state index contributed by atoms with van der Waals surface area (Å²) in [5.41, 5.74) is 3.31. The van der Waals surface area contributed by atoms with Crippen molar-refractivity contribution in [3.8, 4) is 17.0 Å². The van der Waals surface area contributed by atoms with Crippen LogP contribution in [0, 0.1) is 12.8 Å². The van der Waals surface area contributed by atoms with Crippen LogP contribution in [-0.2, 0) is 4.74 Å². The number of carbonyl (C=O) groups excluding carboxylic acids is 1. The minimum Gasteiger partial charge on any atom is -0.474 e. The minimum atomic E-state index is -4.23. The van der Waals surface area contributed by atoms with E-state index in [1.54, 1.807) is 6.07 Å². The van der Waals surface area contributed by atoms with Gasteiger partial charge in [-0.05, 0) is 67.0 Å². The van der Waals surface area contributed by atoms with Crippen LogP contribution >= 0.6 is 0 Å². The number of nitrogens with zero attached hydrogens (tertiary/aromatic N) is 3. The smallest absolute Gasteiger partial charge is 0.389 e. The van der Waals surface area contributed by atoms with Gasteiger partial charge in [0.25, 0.3) is 0 Å². The van der Waals surface area contributed by atoms with Crippen LogP contribution in [0.3, 0.4) is 0 Å². The highest BCUT2D eigenvalue weighted by Gasteiger charge is 2.36. The molecule has 0 spiro atoms. The molecular formula is C28H35F3N4O4.